The Kier molecular flexibility index (Phi) is 7.53. The molecule has 2 aromatic carbocycles. The molecule has 0 bridgehead atoms. The second kappa shape index (κ2) is 12.1. The first-order chi connectivity index (χ1) is 17.3. The van der Waals surface area contributed by atoms with Crippen LogP contribution in [0.5, 0.6) is 0 Å². The van der Waals surface area contributed by atoms with E-state index in [0.717, 1.165) is 44.9 Å². The topological polar surface area (TPSA) is 38.7 Å². The second-order valence-electron chi connectivity index (χ2n) is 7.59. The van der Waals surface area contributed by atoms with Crippen LogP contribution in [0, 0.1) is 32.8 Å². The first-order valence-corrected chi connectivity index (χ1v) is 10.6. The predicted octanol–water partition coefficient (Wildman–Crippen LogP) is 7.08. The summed E-state index contributed by atoms with van der Waals surface area (Å²) in [7, 11) is 0. The van der Waals surface area contributed by atoms with Crippen LogP contribution in [0.2, 0.25) is 0 Å². The van der Waals surface area contributed by atoms with Gasteiger partial charge in [0, 0.05) is 42.8 Å². The fraction of sp³-hybridized carbons (Fsp3) is 0.100. The zero-order chi connectivity index (χ0) is 25.5. The van der Waals surface area contributed by atoms with Crippen LogP contribution in [0.15, 0.2) is 97.5 Å². The molecule has 4 heteroatoms. The summed E-state index contributed by atoms with van der Waals surface area (Å²) < 4.78 is 22.1. The summed E-state index contributed by atoms with van der Waals surface area (Å²) in [5, 5.41) is 0. The molecule has 5 aromatic rings. The van der Waals surface area contributed by atoms with Gasteiger partial charge in [-0.15, -0.1) is 65.7 Å². The molecule has 171 valence electrons. The maximum Gasteiger partial charge on any atom is 0.0518 e. The monoisotopic (exact) mass is 623 g/mol. The third kappa shape index (κ3) is 6.54. The molecule has 5 rings (SSSR count). The van der Waals surface area contributed by atoms with Crippen molar-refractivity contribution >= 4 is 0 Å². The minimum absolute atomic E-state index is 0. The van der Waals surface area contributed by atoms with Gasteiger partial charge in [-0.2, -0.15) is 0 Å². The standard InChI is InChI=1S/C17H13N2.C13H12N.Ir/c1-13-8-9-17(19-12-13)15-6-4-5-14(11-15)16-7-2-3-10-18-16;1-10-8-13(14-9-11(10)2)12-6-4-3-5-7-12;/h2-5,7-12H,1H3;3-6,8-9H,1-2H3;/q2*-1;/i;2D3;. The first-order valence-electron chi connectivity index (χ1n) is 12.1. The van der Waals surface area contributed by atoms with Crippen molar-refractivity contribution in [1.29, 1.82) is 0 Å². The molecule has 3 nitrogen and oxygen atoms in total. The molecule has 0 unspecified atom stereocenters. The van der Waals surface area contributed by atoms with Crippen molar-refractivity contribution in [2.45, 2.75) is 20.7 Å². The van der Waals surface area contributed by atoms with E-state index in [-0.39, 0.29) is 20.1 Å². The van der Waals surface area contributed by atoms with Crippen LogP contribution in [0.4, 0.5) is 0 Å². The van der Waals surface area contributed by atoms with Crippen molar-refractivity contribution in [2.24, 2.45) is 0 Å². The van der Waals surface area contributed by atoms with Gasteiger partial charge in [0.15, 0.2) is 0 Å². The van der Waals surface area contributed by atoms with Gasteiger partial charge in [0.25, 0.3) is 0 Å². The van der Waals surface area contributed by atoms with Crippen molar-refractivity contribution in [3.05, 3.63) is 126 Å². The number of pyridine rings is 3. The maximum atomic E-state index is 7.37. The zero-order valence-corrected chi connectivity index (χ0v) is 21.3. The summed E-state index contributed by atoms with van der Waals surface area (Å²) in [6, 6.07) is 31.6. The Morgan fingerprint density at radius 2 is 1.50 bits per heavy atom. The number of hydrogen-bond acceptors (Lipinski definition) is 3. The molecule has 0 N–H and O–H groups in total. The molecule has 0 saturated carbocycles. The normalized spacial score (nSPS) is 11.6. The van der Waals surface area contributed by atoms with Crippen LogP contribution in [-0.2, 0) is 20.1 Å². The molecule has 0 spiro atoms. The average Bonchev–Trinajstić information content (AvgIpc) is 2.90. The van der Waals surface area contributed by atoms with Crippen molar-refractivity contribution in [2.75, 3.05) is 0 Å². The van der Waals surface area contributed by atoms with Gasteiger partial charge in [-0.05, 0) is 55.3 Å². The van der Waals surface area contributed by atoms with Gasteiger partial charge < -0.3 is 9.97 Å². The van der Waals surface area contributed by atoms with E-state index in [1.54, 1.807) is 19.2 Å². The van der Waals surface area contributed by atoms with Crippen LogP contribution in [0.25, 0.3) is 33.8 Å². The van der Waals surface area contributed by atoms with Crippen LogP contribution >= 0.6 is 0 Å². The van der Waals surface area contributed by atoms with E-state index in [1.165, 1.54) is 6.20 Å². The number of aromatic nitrogens is 3. The van der Waals surface area contributed by atoms with Gasteiger partial charge >= 0.3 is 0 Å². The van der Waals surface area contributed by atoms with E-state index in [1.807, 2.05) is 73.8 Å². The summed E-state index contributed by atoms with van der Waals surface area (Å²) in [6.45, 7) is 1.72. The molecule has 3 aromatic heterocycles. The maximum absolute atomic E-state index is 7.37. The van der Waals surface area contributed by atoms with Gasteiger partial charge in [-0.3, -0.25) is 4.98 Å². The molecule has 1 radical (unpaired) electrons. The molecule has 0 amide bonds. The second-order valence-corrected chi connectivity index (χ2v) is 7.59. The SMILES string of the molecule is Cc1ccc(-c2[c-]ccc(-c3ccccn3)c2)nc1.[2H]C([2H])([2H])c1cnc(-c2[c-]cccc2)cc1C.[Ir]. The Morgan fingerprint density at radius 3 is 2.18 bits per heavy atom. The minimum Gasteiger partial charge on any atom is -0.304 e. The molecule has 0 aliphatic carbocycles. The molecule has 0 atom stereocenters. The van der Waals surface area contributed by atoms with Crippen LogP contribution in [0.3, 0.4) is 0 Å². The number of rotatable bonds is 3. The van der Waals surface area contributed by atoms with E-state index in [9.17, 15) is 0 Å². The quantitative estimate of drug-likeness (QED) is 0.202. The van der Waals surface area contributed by atoms with E-state index >= 15 is 0 Å². The molecule has 3 heterocycles. The number of nitrogens with zero attached hydrogens (tertiary/aromatic N) is 3. The largest absolute Gasteiger partial charge is 0.304 e. The van der Waals surface area contributed by atoms with Crippen LogP contribution in [-0.4, -0.2) is 15.0 Å². The van der Waals surface area contributed by atoms with Crippen molar-refractivity contribution in [3.8, 4) is 33.8 Å². The summed E-state index contributed by atoms with van der Waals surface area (Å²) in [4.78, 5) is 13.0. The number of aryl methyl sites for hydroxylation is 3. The Hall–Kier alpha value is -3.46. The Labute approximate surface area is 219 Å². The fourth-order valence-electron chi connectivity index (χ4n) is 3.19. The third-order valence-electron chi connectivity index (χ3n) is 5.05. The summed E-state index contributed by atoms with van der Waals surface area (Å²) >= 11 is 0. The van der Waals surface area contributed by atoms with Gasteiger partial charge in [0.2, 0.25) is 0 Å². The van der Waals surface area contributed by atoms with Gasteiger partial charge in [0.1, 0.15) is 0 Å². The van der Waals surface area contributed by atoms with E-state index < -0.39 is 6.85 Å². The molecular weight excluding hydrogens is 595 g/mol. The van der Waals surface area contributed by atoms with E-state index in [4.69, 9.17) is 4.11 Å². The molecule has 0 fully saturated rings. The molecular formula is C30H25IrN3-2. The van der Waals surface area contributed by atoms with Crippen LogP contribution in [0.1, 0.15) is 20.8 Å². The zero-order valence-electron chi connectivity index (χ0n) is 21.9. The van der Waals surface area contributed by atoms with Crippen molar-refractivity contribution in [1.82, 2.24) is 15.0 Å². The Bertz CT molecular complexity index is 1420. The fourth-order valence-corrected chi connectivity index (χ4v) is 3.19. The predicted molar refractivity (Wildman–Crippen MR) is 134 cm³/mol. The van der Waals surface area contributed by atoms with Crippen molar-refractivity contribution in [3.63, 3.8) is 0 Å². The number of hydrogen-bond donors (Lipinski definition) is 0. The van der Waals surface area contributed by atoms with Gasteiger partial charge in [-0.25, -0.2) is 0 Å². The van der Waals surface area contributed by atoms with Crippen molar-refractivity contribution < 1.29 is 24.2 Å². The van der Waals surface area contributed by atoms with Gasteiger partial charge in [-0.1, -0.05) is 35.4 Å². The summed E-state index contributed by atoms with van der Waals surface area (Å²) in [5.74, 6) is 0. The number of benzene rings is 2. The molecule has 0 aliphatic heterocycles. The Morgan fingerprint density at radius 1 is 0.676 bits per heavy atom. The van der Waals surface area contributed by atoms with Crippen LogP contribution < -0.4 is 0 Å². The first kappa shape index (κ1) is 21.1. The Balaban J connectivity index is 0.000000201. The third-order valence-corrected chi connectivity index (χ3v) is 5.05. The minimum atomic E-state index is -2.10. The van der Waals surface area contributed by atoms with E-state index in [0.29, 0.717) is 5.56 Å². The summed E-state index contributed by atoms with van der Waals surface area (Å²) in [6.07, 6.45) is 5.10. The molecule has 0 aliphatic rings. The smallest absolute Gasteiger partial charge is 0.0518 e. The van der Waals surface area contributed by atoms with E-state index in [2.05, 4.69) is 39.2 Å². The molecule has 34 heavy (non-hydrogen) atoms. The average molecular weight is 623 g/mol. The summed E-state index contributed by atoms with van der Waals surface area (Å²) in [5.41, 5.74) is 7.77. The van der Waals surface area contributed by atoms with Gasteiger partial charge in [0.05, 0.1) is 5.69 Å². The molecule has 0 saturated heterocycles.